The highest BCUT2D eigenvalue weighted by Gasteiger charge is 2.14. The summed E-state index contributed by atoms with van der Waals surface area (Å²) in [4.78, 5) is 10.3. The average Bonchev–Trinajstić information content (AvgIpc) is 3.19. The molecule has 0 unspecified atom stereocenters. The first-order valence-electron chi connectivity index (χ1n) is 6.27. The predicted octanol–water partition coefficient (Wildman–Crippen LogP) is 3.31. The number of hydrogen-bond acceptors (Lipinski definition) is 8. The van der Waals surface area contributed by atoms with Crippen molar-refractivity contribution in [2.24, 2.45) is 10.2 Å². The van der Waals surface area contributed by atoms with Crippen molar-refractivity contribution in [1.82, 2.24) is 20.6 Å². The Morgan fingerprint density at radius 3 is 2.96 bits per heavy atom. The first-order valence-corrected chi connectivity index (χ1v) is 6.65. The third-order valence-corrected chi connectivity index (χ3v) is 3.14. The van der Waals surface area contributed by atoms with Gasteiger partial charge in [-0.2, -0.15) is 10.3 Å². The van der Waals surface area contributed by atoms with Gasteiger partial charge in [-0.05, 0) is 23.4 Å². The molecule has 0 atom stereocenters. The van der Waals surface area contributed by atoms with E-state index in [1.807, 2.05) is 0 Å². The molecule has 0 fully saturated rings. The lowest BCUT2D eigenvalue weighted by molar-refractivity contribution is -0.384. The Balaban J connectivity index is 1.79. The lowest BCUT2D eigenvalue weighted by Gasteiger charge is -2.00. The number of benzene rings is 1. The number of azo groups is 1. The van der Waals surface area contributed by atoms with E-state index in [0.29, 0.717) is 22.1 Å². The van der Waals surface area contributed by atoms with E-state index in [9.17, 15) is 10.1 Å². The zero-order valence-corrected chi connectivity index (χ0v) is 12.1. The van der Waals surface area contributed by atoms with Gasteiger partial charge in [0.1, 0.15) is 18.1 Å². The van der Waals surface area contributed by atoms with E-state index in [1.165, 1.54) is 18.2 Å². The van der Waals surface area contributed by atoms with Crippen LogP contribution in [0.15, 0.2) is 45.0 Å². The Hall–Kier alpha value is -3.14. The van der Waals surface area contributed by atoms with Crippen LogP contribution in [0, 0.1) is 10.1 Å². The third kappa shape index (κ3) is 3.37. The van der Waals surface area contributed by atoms with Crippen LogP contribution in [0.2, 0.25) is 5.02 Å². The van der Waals surface area contributed by atoms with Crippen molar-refractivity contribution < 1.29 is 9.34 Å². The monoisotopic (exact) mass is 333 g/mol. The van der Waals surface area contributed by atoms with Crippen LogP contribution < -0.4 is 0 Å². The molecule has 0 saturated carbocycles. The molecule has 116 valence electrons. The van der Waals surface area contributed by atoms with Crippen molar-refractivity contribution in [1.29, 1.82) is 0 Å². The number of nitro benzene ring substituents is 1. The van der Waals surface area contributed by atoms with Crippen molar-refractivity contribution in [3.63, 3.8) is 0 Å². The summed E-state index contributed by atoms with van der Waals surface area (Å²) >= 11 is 6.07. The maximum atomic E-state index is 10.8. The number of nitrogens with one attached hydrogen (secondary N) is 1. The summed E-state index contributed by atoms with van der Waals surface area (Å²) in [5.41, 5.74) is 0.362. The molecule has 1 aromatic carbocycles. The SMILES string of the molecule is O=[N+]([O-])c1ccc(Cl)c(-c2ccc(CN=Nc3nn[nH]n3)o2)c1. The zero-order chi connectivity index (χ0) is 16.2. The molecule has 1 N–H and O–H groups in total. The maximum absolute atomic E-state index is 10.8. The zero-order valence-electron chi connectivity index (χ0n) is 11.4. The number of H-pyrrole nitrogens is 1. The highest BCUT2D eigenvalue weighted by molar-refractivity contribution is 6.33. The number of hydrogen-bond donors (Lipinski definition) is 1. The van der Waals surface area contributed by atoms with E-state index < -0.39 is 4.92 Å². The lowest BCUT2D eigenvalue weighted by atomic mass is 10.1. The van der Waals surface area contributed by atoms with Crippen molar-refractivity contribution in [3.8, 4) is 11.3 Å². The van der Waals surface area contributed by atoms with Gasteiger partial charge < -0.3 is 4.42 Å². The van der Waals surface area contributed by atoms with Crippen molar-refractivity contribution >= 4 is 23.2 Å². The second-order valence-corrected chi connectivity index (χ2v) is 4.71. The number of nitrogens with zero attached hydrogens (tertiary/aromatic N) is 6. The summed E-state index contributed by atoms with van der Waals surface area (Å²) in [5, 5.41) is 31.6. The van der Waals surface area contributed by atoms with E-state index in [0.717, 1.165) is 0 Å². The Labute approximate surface area is 133 Å². The van der Waals surface area contributed by atoms with Gasteiger partial charge in [-0.3, -0.25) is 10.1 Å². The quantitative estimate of drug-likeness (QED) is 0.432. The topological polar surface area (TPSA) is 135 Å². The van der Waals surface area contributed by atoms with Crippen LogP contribution >= 0.6 is 11.6 Å². The average molecular weight is 334 g/mol. The van der Waals surface area contributed by atoms with Crippen LogP contribution in [0.4, 0.5) is 11.6 Å². The van der Waals surface area contributed by atoms with Gasteiger partial charge in [0, 0.05) is 17.7 Å². The van der Waals surface area contributed by atoms with Crippen molar-refractivity contribution in [2.75, 3.05) is 0 Å². The normalized spacial score (nSPS) is 11.2. The standard InChI is InChI=1S/C12H8ClN7O3/c13-10-3-1-7(20(21)22)5-9(10)11-4-2-8(23-11)6-14-15-12-16-18-19-17-12/h1-5H,6H2,(H,16,17,18,19). The number of aromatic amines is 1. The highest BCUT2D eigenvalue weighted by Crippen LogP contribution is 2.32. The van der Waals surface area contributed by atoms with E-state index >= 15 is 0 Å². The number of nitro groups is 1. The van der Waals surface area contributed by atoms with Crippen molar-refractivity contribution in [3.05, 3.63) is 51.2 Å². The molecule has 0 amide bonds. The number of non-ortho nitro benzene ring substituents is 1. The second kappa shape index (κ2) is 6.32. The molecular formula is C12H8ClN7O3. The van der Waals surface area contributed by atoms with Gasteiger partial charge in [-0.25, -0.2) is 0 Å². The van der Waals surface area contributed by atoms with Gasteiger partial charge in [-0.1, -0.05) is 16.7 Å². The van der Waals surface area contributed by atoms with Gasteiger partial charge in [0.15, 0.2) is 0 Å². The molecule has 0 radical (unpaired) electrons. The molecule has 0 saturated heterocycles. The fourth-order valence-electron chi connectivity index (χ4n) is 1.79. The van der Waals surface area contributed by atoms with Crippen LogP contribution in [0.3, 0.4) is 0 Å². The Morgan fingerprint density at radius 2 is 2.22 bits per heavy atom. The maximum Gasteiger partial charge on any atom is 0.307 e. The molecule has 0 bridgehead atoms. The van der Waals surface area contributed by atoms with Crippen molar-refractivity contribution in [2.45, 2.75) is 6.54 Å². The highest BCUT2D eigenvalue weighted by atomic mass is 35.5. The molecule has 23 heavy (non-hydrogen) atoms. The van der Waals surface area contributed by atoms with Crippen LogP contribution in [-0.4, -0.2) is 25.5 Å². The van der Waals surface area contributed by atoms with E-state index in [1.54, 1.807) is 12.1 Å². The predicted molar refractivity (Wildman–Crippen MR) is 78.2 cm³/mol. The first-order chi connectivity index (χ1) is 11.1. The molecule has 11 heteroatoms. The summed E-state index contributed by atoms with van der Waals surface area (Å²) in [6.45, 7) is 0.154. The molecule has 0 spiro atoms. The number of halogens is 1. The minimum atomic E-state index is -0.497. The summed E-state index contributed by atoms with van der Waals surface area (Å²) in [7, 11) is 0. The number of rotatable bonds is 5. The summed E-state index contributed by atoms with van der Waals surface area (Å²) < 4.78 is 5.58. The Morgan fingerprint density at radius 1 is 1.35 bits per heavy atom. The van der Waals surface area contributed by atoms with E-state index in [2.05, 4.69) is 30.9 Å². The third-order valence-electron chi connectivity index (χ3n) is 2.81. The number of aromatic nitrogens is 4. The molecular weight excluding hydrogens is 326 g/mol. The fourth-order valence-corrected chi connectivity index (χ4v) is 2.00. The molecule has 0 aliphatic heterocycles. The fraction of sp³-hybridized carbons (Fsp3) is 0.0833. The van der Waals surface area contributed by atoms with Gasteiger partial charge in [-0.15, -0.1) is 10.2 Å². The molecule has 2 heterocycles. The molecule has 2 aromatic heterocycles. The van der Waals surface area contributed by atoms with Gasteiger partial charge >= 0.3 is 5.95 Å². The summed E-state index contributed by atoms with van der Waals surface area (Å²) in [6.07, 6.45) is 0. The minimum absolute atomic E-state index is 0.0702. The number of furan rings is 1. The van der Waals surface area contributed by atoms with Crippen LogP contribution in [0.1, 0.15) is 5.76 Å². The molecule has 0 aliphatic carbocycles. The lowest BCUT2D eigenvalue weighted by Crippen LogP contribution is -1.88. The second-order valence-electron chi connectivity index (χ2n) is 4.30. The summed E-state index contributed by atoms with van der Waals surface area (Å²) in [6, 6.07) is 7.47. The van der Waals surface area contributed by atoms with E-state index in [4.69, 9.17) is 16.0 Å². The van der Waals surface area contributed by atoms with Gasteiger partial charge in [0.25, 0.3) is 5.69 Å². The van der Waals surface area contributed by atoms with Gasteiger partial charge in [0.2, 0.25) is 0 Å². The summed E-state index contributed by atoms with van der Waals surface area (Å²) in [5.74, 6) is 1.02. The Bertz CT molecular complexity index is 859. The Kier molecular flexibility index (Phi) is 4.06. The van der Waals surface area contributed by atoms with Crippen LogP contribution in [0.5, 0.6) is 0 Å². The van der Waals surface area contributed by atoms with Gasteiger partial charge in [0.05, 0.1) is 9.95 Å². The van der Waals surface area contributed by atoms with Crippen LogP contribution in [-0.2, 0) is 6.54 Å². The largest absolute Gasteiger partial charge is 0.459 e. The first kappa shape index (κ1) is 14.8. The number of tetrazole rings is 1. The van der Waals surface area contributed by atoms with E-state index in [-0.39, 0.29) is 18.2 Å². The minimum Gasteiger partial charge on any atom is -0.459 e. The smallest absolute Gasteiger partial charge is 0.307 e. The van der Waals surface area contributed by atoms with Crippen LogP contribution in [0.25, 0.3) is 11.3 Å². The molecule has 10 nitrogen and oxygen atoms in total. The molecule has 3 rings (SSSR count). The molecule has 0 aliphatic rings. The molecule has 3 aromatic rings.